The van der Waals surface area contributed by atoms with Crippen LogP contribution in [0.3, 0.4) is 0 Å². The molecule has 0 fully saturated rings. The Morgan fingerprint density at radius 1 is 1.12 bits per heavy atom. The summed E-state index contributed by atoms with van der Waals surface area (Å²) in [4.78, 5) is 0. The first kappa shape index (κ1) is 17.0. The van der Waals surface area contributed by atoms with Crippen molar-refractivity contribution in [1.82, 2.24) is 0 Å². The molecule has 0 amide bonds. The third-order valence-corrected chi connectivity index (χ3v) is 5.71. The molecular formula is C11H28N2O3Si. The second-order valence-electron chi connectivity index (χ2n) is 4.21. The Morgan fingerprint density at radius 2 is 1.65 bits per heavy atom. The van der Waals surface area contributed by atoms with Crippen LogP contribution in [0.5, 0.6) is 0 Å². The number of hydrogen-bond donors (Lipinski definition) is 2. The Hall–Kier alpha value is 0.0169. The van der Waals surface area contributed by atoms with E-state index in [1.807, 2.05) is 27.7 Å². The van der Waals surface area contributed by atoms with Crippen LogP contribution in [0.25, 0.3) is 0 Å². The molecule has 0 aromatic rings. The lowest BCUT2D eigenvalue weighted by molar-refractivity contribution is -0.0190. The van der Waals surface area contributed by atoms with E-state index in [0.29, 0.717) is 26.2 Å². The van der Waals surface area contributed by atoms with Crippen LogP contribution in [0.15, 0.2) is 0 Å². The largest absolute Gasteiger partial charge is 0.502 e. The molecule has 0 aliphatic rings. The molecule has 5 nitrogen and oxygen atoms in total. The first-order valence-corrected chi connectivity index (χ1v) is 8.35. The highest BCUT2D eigenvalue weighted by molar-refractivity contribution is 6.60. The summed E-state index contributed by atoms with van der Waals surface area (Å²) < 4.78 is 17.5. The molecule has 1 atom stereocenters. The molecular weight excluding hydrogens is 236 g/mol. The molecule has 0 saturated heterocycles. The van der Waals surface area contributed by atoms with Crippen molar-refractivity contribution < 1.29 is 13.3 Å². The fourth-order valence-corrected chi connectivity index (χ4v) is 4.45. The molecule has 0 saturated carbocycles. The monoisotopic (exact) mass is 264 g/mol. The van der Waals surface area contributed by atoms with Gasteiger partial charge in [0, 0.05) is 19.3 Å². The predicted molar refractivity (Wildman–Crippen MR) is 71.5 cm³/mol. The summed E-state index contributed by atoms with van der Waals surface area (Å²) in [6, 6.07) is 0.720. The maximum Gasteiger partial charge on any atom is 0.502 e. The van der Waals surface area contributed by atoms with Gasteiger partial charge in [-0.05, 0) is 40.2 Å². The van der Waals surface area contributed by atoms with Gasteiger partial charge < -0.3 is 24.7 Å². The molecule has 0 bridgehead atoms. The van der Waals surface area contributed by atoms with Crippen molar-refractivity contribution in [3.8, 4) is 0 Å². The Kier molecular flexibility index (Phi) is 8.19. The van der Waals surface area contributed by atoms with Gasteiger partial charge in [-0.1, -0.05) is 6.92 Å². The zero-order valence-electron chi connectivity index (χ0n) is 11.6. The highest BCUT2D eigenvalue weighted by atomic mass is 28.4. The Morgan fingerprint density at radius 3 is 2.00 bits per heavy atom. The van der Waals surface area contributed by atoms with Crippen LogP contribution in [0.1, 0.15) is 40.5 Å². The van der Waals surface area contributed by atoms with Gasteiger partial charge in [0.2, 0.25) is 0 Å². The molecule has 104 valence electrons. The van der Waals surface area contributed by atoms with Gasteiger partial charge in [0.05, 0.1) is 0 Å². The minimum atomic E-state index is -2.68. The Balaban J connectivity index is 4.74. The molecule has 1 unspecified atom stereocenters. The minimum Gasteiger partial charge on any atom is -0.374 e. The van der Waals surface area contributed by atoms with Gasteiger partial charge in [-0.2, -0.15) is 0 Å². The molecule has 0 aromatic heterocycles. The van der Waals surface area contributed by atoms with E-state index in [9.17, 15) is 0 Å². The molecule has 6 heteroatoms. The number of nitrogens with two attached hydrogens (primary N) is 2. The molecule has 0 aliphatic carbocycles. The van der Waals surface area contributed by atoms with Crippen LogP contribution < -0.4 is 11.5 Å². The highest BCUT2D eigenvalue weighted by Crippen LogP contribution is 2.23. The maximum absolute atomic E-state index is 6.06. The normalized spacial score (nSPS) is 15.9. The van der Waals surface area contributed by atoms with E-state index in [1.54, 1.807) is 0 Å². The standard InChI is InChI=1S/C11H28N2O3Si/c1-5-11(4,13)16-17(14-6-2,15-7-3)10-8-9-12/h5-10,12-13H2,1-4H3. The molecule has 0 spiro atoms. The summed E-state index contributed by atoms with van der Waals surface area (Å²) in [6.45, 7) is 9.45. The van der Waals surface area contributed by atoms with Crippen molar-refractivity contribution >= 4 is 8.80 Å². The second kappa shape index (κ2) is 8.18. The van der Waals surface area contributed by atoms with Crippen LogP contribution in [-0.4, -0.2) is 34.3 Å². The SMILES string of the molecule is CCO[Si](CCCN)(OCC)OC(C)(N)CC. The Labute approximate surface area is 106 Å². The van der Waals surface area contributed by atoms with Crippen molar-refractivity contribution in [1.29, 1.82) is 0 Å². The van der Waals surface area contributed by atoms with Crippen LogP contribution in [-0.2, 0) is 13.3 Å². The maximum atomic E-state index is 6.06. The fourth-order valence-electron chi connectivity index (χ4n) is 1.48. The molecule has 0 radical (unpaired) electrons. The first-order valence-electron chi connectivity index (χ1n) is 6.42. The molecule has 0 aliphatic heterocycles. The summed E-state index contributed by atoms with van der Waals surface area (Å²) in [5.41, 5.74) is 10.9. The third-order valence-electron chi connectivity index (χ3n) is 2.51. The lowest BCUT2D eigenvalue weighted by atomic mass is 10.2. The first-order chi connectivity index (χ1) is 7.95. The topological polar surface area (TPSA) is 79.7 Å². The zero-order valence-corrected chi connectivity index (χ0v) is 12.6. The van der Waals surface area contributed by atoms with E-state index in [-0.39, 0.29) is 0 Å². The van der Waals surface area contributed by atoms with Gasteiger partial charge in [0.25, 0.3) is 0 Å². The van der Waals surface area contributed by atoms with Crippen LogP contribution in [0, 0.1) is 0 Å². The van der Waals surface area contributed by atoms with Crippen molar-refractivity contribution in [3.63, 3.8) is 0 Å². The van der Waals surface area contributed by atoms with Crippen LogP contribution in [0.2, 0.25) is 6.04 Å². The van der Waals surface area contributed by atoms with Crippen molar-refractivity contribution in [2.24, 2.45) is 11.5 Å². The van der Waals surface area contributed by atoms with E-state index in [2.05, 4.69) is 0 Å². The minimum absolute atomic E-state index is 0.566. The quantitative estimate of drug-likeness (QED) is 0.461. The summed E-state index contributed by atoms with van der Waals surface area (Å²) in [7, 11) is -2.68. The van der Waals surface area contributed by atoms with Gasteiger partial charge in [0.1, 0.15) is 5.72 Å². The molecule has 0 aromatic carbocycles. The fraction of sp³-hybridized carbons (Fsp3) is 1.00. The van der Waals surface area contributed by atoms with E-state index in [1.165, 1.54) is 0 Å². The average molecular weight is 264 g/mol. The third kappa shape index (κ3) is 6.49. The van der Waals surface area contributed by atoms with E-state index < -0.39 is 14.5 Å². The van der Waals surface area contributed by atoms with Crippen molar-refractivity contribution in [2.75, 3.05) is 19.8 Å². The van der Waals surface area contributed by atoms with Crippen molar-refractivity contribution in [3.05, 3.63) is 0 Å². The predicted octanol–water partition coefficient (Wildman–Crippen LogP) is 1.45. The summed E-state index contributed by atoms with van der Waals surface area (Å²) in [5.74, 6) is 0. The molecule has 4 N–H and O–H groups in total. The molecule has 17 heavy (non-hydrogen) atoms. The van der Waals surface area contributed by atoms with Crippen LogP contribution in [0.4, 0.5) is 0 Å². The van der Waals surface area contributed by atoms with Gasteiger partial charge in [0.15, 0.2) is 0 Å². The second-order valence-corrected chi connectivity index (χ2v) is 6.86. The summed E-state index contributed by atoms with van der Waals surface area (Å²) in [6.07, 6.45) is 1.54. The van der Waals surface area contributed by atoms with E-state index in [4.69, 9.17) is 24.7 Å². The number of rotatable bonds is 10. The number of hydrogen-bond acceptors (Lipinski definition) is 5. The summed E-state index contributed by atoms with van der Waals surface area (Å²) in [5, 5.41) is 0. The van der Waals surface area contributed by atoms with Gasteiger partial charge in [-0.15, -0.1) is 0 Å². The van der Waals surface area contributed by atoms with Gasteiger partial charge in [-0.3, -0.25) is 0 Å². The smallest absolute Gasteiger partial charge is 0.374 e. The lowest BCUT2D eigenvalue weighted by Crippen LogP contribution is -2.55. The highest BCUT2D eigenvalue weighted by Gasteiger charge is 2.44. The van der Waals surface area contributed by atoms with E-state index in [0.717, 1.165) is 12.5 Å². The summed E-state index contributed by atoms with van der Waals surface area (Å²) >= 11 is 0. The van der Waals surface area contributed by atoms with Gasteiger partial charge >= 0.3 is 8.80 Å². The zero-order chi connectivity index (χ0) is 13.4. The average Bonchev–Trinajstić information content (AvgIpc) is 2.27. The molecule has 0 rings (SSSR count). The van der Waals surface area contributed by atoms with E-state index >= 15 is 0 Å². The molecule has 0 heterocycles. The lowest BCUT2D eigenvalue weighted by Gasteiger charge is -2.36. The van der Waals surface area contributed by atoms with Gasteiger partial charge in [-0.25, -0.2) is 0 Å². The van der Waals surface area contributed by atoms with Crippen LogP contribution >= 0.6 is 0 Å². The van der Waals surface area contributed by atoms with Crippen molar-refractivity contribution in [2.45, 2.75) is 52.3 Å². The Bertz CT molecular complexity index is 197.